The number of ether oxygens (including phenoxy) is 2. The second kappa shape index (κ2) is 11.8. The minimum absolute atomic E-state index is 0.209. The van der Waals surface area contributed by atoms with E-state index in [2.05, 4.69) is 5.32 Å². The third kappa shape index (κ3) is 8.71. The van der Waals surface area contributed by atoms with Gasteiger partial charge in [-0.2, -0.15) is 0 Å². The lowest BCUT2D eigenvalue weighted by molar-refractivity contribution is -0.144. The van der Waals surface area contributed by atoms with Crippen molar-refractivity contribution in [3.63, 3.8) is 0 Å². The molecule has 5 heteroatoms. The van der Waals surface area contributed by atoms with Crippen molar-refractivity contribution in [3.8, 4) is 0 Å². The molecular formula is C23H29NO4. The van der Waals surface area contributed by atoms with Crippen LogP contribution < -0.4 is 5.32 Å². The number of esters is 1. The van der Waals surface area contributed by atoms with Gasteiger partial charge in [-0.15, -0.1) is 0 Å². The molecule has 0 spiro atoms. The topological polar surface area (TPSA) is 64.6 Å². The summed E-state index contributed by atoms with van der Waals surface area (Å²) in [6.07, 6.45) is 0.883. The highest BCUT2D eigenvalue weighted by atomic mass is 16.5. The van der Waals surface area contributed by atoms with Crippen molar-refractivity contribution in [1.82, 2.24) is 5.32 Å². The predicted octanol–water partition coefficient (Wildman–Crippen LogP) is 4.50. The minimum Gasteiger partial charge on any atom is -0.465 e. The molecule has 5 nitrogen and oxygen atoms in total. The van der Waals surface area contributed by atoms with Gasteiger partial charge in [0.1, 0.15) is 6.61 Å². The molecule has 2 aromatic carbocycles. The zero-order chi connectivity index (χ0) is 20.2. The van der Waals surface area contributed by atoms with Crippen molar-refractivity contribution >= 4 is 12.1 Å². The van der Waals surface area contributed by atoms with E-state index in [1.165, 1.54) is 0 Å². The molecule has 1 atom stereocenters. The van der Waals surface area contributed by atoms with E-state index < -0.39 is 6.09 Å². The number of benzene rings is 2. The zero-order valence-electron chi connectivity index (χ0n) is 16.6. The summed E-state index contributed by atoms with van der Waals surface area (Å²) in [5, 5.41) is 2.89. The first-order chi connectivity index (χ1) is 13.5. The fourth-order valence-electron chi connectivity index (χ4n) is 2.68. The largest absolute Gasteiger partial charge is 0.465 e. The molecule has 0 radical (unpaired) electrons. The summed E-state index contributed by atoms with van der Waals surface area (Å²) in [4.78, 5) is 24.2. The van der Waals surface area contributed by atoms with E-state index in [0.717, 1.165) is 11.1 Å². The van der Waals surface area contributed by atoms with Gasteiger partial charge in [0, 0.05) is 12.5 Å². The molecule has 0 aliphatic carbocycles. The van der Waals surface area contributed by atoms with Crippen molar-refractivity contribution in [2.75, 3.05) is 6.61 Å². The normalized spacial score (nSPS) is 11.7. The fourth-order valence-corrected chi connectivity index (χ4v) is 2.68. The summed E-state index contributed by atoms with van der Waals surface area (Å²) in [5.74, 6) is 0.0568. The SMILES string of the molecule is CC(C)COC(=O)CC[C@@H](Cc1ccccc1)NC(=O)OCc1ccccc1. The van der Waals surface area contributed by atoms with Gasteiger partial charge >= 0.3 is 12.1 Å². The fraction of sp³-hybridized carbons (Fsp3) is 0.391. The van der Waals surface area contributed by atoms with Crippen LogP contribution in [0.25, 0.3) is 0 Å². The van der Waals surface area contributed by atoms with Crippen LogP contribution in [-0.2, 0) is 27.3 Å². The Morgan fingerprint density at radius 1 is 0.893 bits per heavy atom. The van der Waals surface area contributed by atoms with E-state index in [9.17, 15) is 9.59 Å². The van der Waals surface area contributed by atoms with Crippen LogP contribution >= 0.6 is 0 Å². The van der Waals surface area contributed by atoms with Crippen molar-refractivity contribution in [1.29, 1.82) is 0 Å². The van der Waals surface area contributed by atoms with E-state index in [4.69, 9.17) is 9.47 Å². The first kappa shape index (κ1) is 21.5. The van der Waals surface area contributed by atoms with Gasteiger partial charge in [-0.25, -0.2) is 4.79 Å². The lowest BCUT2D eigenvalue weighted by atomic mass is 10.0. The molecule has 0 aromatic heterocycles. The average molecular weight is 383 g/mol. The van der Waals surface area contributed by atoms with Crippen LogP contribution in [0.1, 0.15) is 37.8 Å². The molecule has 0 aliphatic rings. The highest BCUT2D eigenvalue weighted by molar-refractivity contribution is 5.70. The van der Waals surface area contributed by atoms with Gasteiger partial charge < -0.3 is 14.8 Å². The van der Waals surface area contributed by atoms with Crippen molar-refractivity contribution < 1.29 is 19.1 Å². The van der Waals surface area contributed by atoms with E-state index in [1.54, 1.807) is 0 Å². The molecule has 28 heavy (non-hydrogen) atoms. The lowest BCUT2D eigenvalue weighted by Gasteiger charge is -2.19. The van der Waals surface area contributed by atoms with Gasteiger partial charge in [0.05, 0.1) is 6.61 Å². The van der Waals surface area contributed by atoms with E-state index in [0.29, 0.717) is 25.4 Å². The van der Waals surface area contributed by atoms with E-state index in [-0.39, 0.29) is 25.0 Å². The number of carbonyl (C=O) groups is 2. The van der Waals surface area contributed by atoms with Crippen LogP contribution in [0, 0.1) is 5.92 Å². The van der Waals surface area contributed by atoms with Crippen LogP contribution in [0.5, 0.6) is 0 Å². The molecule has 0 fully saturated rings. The first-order valence-electron chi connectivity index (χ1n) is 9.69. The highest BCUT2D eigenvalue weighted by Crippen LogP contribution is 2.10. The van der Waals surface area contributed by atoms with Gasteiger partial charge in [-0.3, -0.25) is 4.79 Å². The predicted molar refractivity (Wildman–Crippen MR) is 109 cm³/mol. The molecule has 2 aromatic rings. The number of nitrogens with one attached hydrogen (secondary N) is 1. The maximum Gasteiger partial charge on any atom is 0.407 e. The van der Waals surface area contributed by atoms with Crippen molar-refractivity contribution in [2.45, 2.75) is 45.8 Å². The van der Waals surface area contributed by atoms with E-state index in [1.807, 2.05) is 74.5 Å². The molecule has 1 amide bonds. The van der Waals surface area contributed by atoms with Crippen LogP contribution in [0.4, 0.5) is 4.79 Å². The minimum atomic E-state index is -0.486. The second-order valence-corrected chi connectivity index (χ2v) is 7.21. The van der Waals surface area contributed by atoms with Gasteiger partial charge in [-0.1, -0.05) is 74.5 Å². The summed E-state index contributed by atoms with van der Waals surface area (Å²) in [6, 6.07) is 19.2. The number of hydrogen-bond acceptors (Lipinski definition) is 4. The monoisotopic (exact) mass is 383 g/mol. The molecule has 150 valence electrons. The van der Waals surface area contributed by atoms with Gasteiger partial charge in [0.25, 0.3) is 0 Å². The molecule has 0 unspecified atom stereocenters. The summed E-state index contributed by atoms with van der Waals surface area (Å²) in [6.45, 7) is 4.61. The maximum atomic E-state index is 12.2. The average Bonchev–Trinajstić information content (AvgIpc) is 2.70. The Bertz CT molecular complexity index is 716. The summed E-state index contributed by atoms with van der Waals surface area (Å²) >= 11 is 0. The maximum absolute atomic E-state index is 12.2. The number of amides is 1. The number of hydrogen-bond donors (Lipinski definition) is 1. The summed E-state index contributed by atoms with van der Waals surface area (Å²) in [5.41, 5.74) is 2.01. The van der Waals surface area contributed by atoms with Crippen LogP contribution in [-0.4, -0.2) is 24.7 Å². The molecule has 0 aliphatic heterocycles. The smallest absolute Gasteiger partial charge is 0.407 e. The third-order valence-electron chi connectivity index (χ3n) is 4.13. The van der Waals surface area contributed by atoms with Crippen LogP contribution in [0.15, 0.2) is 60.7 Å². The number of alkyl carbamates (subject to hydrolysis) is 1. The molecule has 2 rings (SSSR count). The lowest BCUT2D eigenvalue weighted by Crippen LogP contribution is -2.37. The van der Waals surface area contributed by atoms with Gasteiger partial charge in [0.15, 0.2) is 0 Å². The standard InChI is InChI=1S/C23H29NO4/c1-18(2)16-27-22(25)14-13-21(15-19-9-5-3-6-10-19)24-23(26)28-17-20-11-7-4-8-12-20/h3-12,18,21H,13-17H2,1-2H3,(H,24,26)/t21-/m0/s1. The Balaban J connectivity index is 1.87. The molecular weight excluding hydrogens is 354 g/mol. The summed E-state index contributed by atoms with van der Waals surface area (Å²) in [7, 11) is 0. The Labute approximate surface area is 167 Å². The van der Waals surface area contributed by atoms with E-state index >= 15 is 0 Å². The zero-order valence-corrected chi connectivity index (χ0v) is 16.6. The Hall–Kier alpha value is -2.82. The quantitative estimate of drug-likeness (QED) is 0.614. The molecule has 0 heterocycles. The Morgan fingerprint density at radius 2 is 1.50 bits per heavy atom. The molecule has 1 N–H and O–H groups in total. The van der Waals surface area contributed by atoms with Crippen molar-refractivity contribution in [3.05, 3.63) is 71.8 Å². The van der Waals surface area contributed by atoms with Crippen molar-refractivity contribution in [2.24, 2.45) is 5.92 Å². The highest BCUT2D eigenvalue weighted by Gasteiger charge is 2.17. The molecule has 0 saturated heterocycles. The number of rotatable bonds is 10. The Kier molecular flexibility index (Phi) is 9.05. The second-order valence-electron chi connectivity index (χ2n) is 7.21. The molecule has 0 bridgehead atoms. The summed E-state index contributed by atoms with van der Waals surface area (Å²) < 4.78 is 10.5. The van der Waals surface area contributed by atoms with Crippen LogP contribution in [0.3, 0.4) is 0 Å². The Morgan fingerprint density at radius 3 is 2.11 bits per heavy atom. The van der Waals surface area contributed by atoms with Gasteiger partial charge in [-0.05, 0) is 29.9 Å². The first-order valence-corrected chi connectivity index (χ1v) is 9.69. The third-order valence-corrected chi connectivity index (χ3v) is 4.13. The molecule has 0 saturated carbocycles. The van der Waals surface area contributed by atoms with Gasteiger partial charge in [0.2, 0.25) is 0 Å². The number of carbonyl (C=O) groups excluding carboxylic acids is 2. The van der Waals surface area contributed by atoms with Crippen LogP contribution in [0.2, 0.25) is 0 Å².